The van der Waals surface area contributed by atoms with Crippen LogP contribution in [0.5, 0.6) is 0 Å². The zero-order chi connectivity index (χ0) is 16.5. The van der Waals surface area contributed by atoms with Gasteiger partial charge >= 0.3 is 0 Å². The molecule has 2 N–H and O–H groups in total. The molecule has 1 aliphatic heterocycles. The number of nitrogens with one attached hydrogen (secondary N) is 2. The van der Waals surface area contributed by atoms with Crippen LogP contribution in [0.25, 0.3) is 10.9 Å². The Bertz CT molecular complexity index is 882. The molecule has 0 spiro atoms. The Balaban J connectivity index is 1.45. The van der Waals surface area contributed by atoms with Crippen LogP contribution < -0.4 is 5.32 Å². The van der Waals surface area contributed by atoms with Crippen molar-refractivity contribution in [3.8, 4) is 0 Å². The predicted molar refractivity (Wildman–Crippen MR) is 89.9 cm³/mol. The summed E-state index contributed by atoms with van der Waals surface area (Å²) in [5, 5.41) is 11.2. The molecule has 3 heterocycles. The number of fused-ring (bicyclic) bond motifs is 1. The first-order chi connectivity index (χ1) is 11.7. The maximum Gasteiger partial charge on any atom is 0.248 e. The molecular formula is C16H16ClN5O2. The Morgan fingerprint density at radius 3 is 3.21 bits per heavy atom. The molecule has 7 nitrogen and oxygen atoms in total. The molecule has 0 unspecified atom stereocenters. The lowest BCUT2D eigenvalue weighted by molar-refractivity contribution is -0.116. The number of aromatic nitrogens is 4. The first-order valence-electron chi connectivity index (χ1n) is 7.77. The van der Waals surface area contributed by atoms with E-state index in [4.69, 9.17) is 16.3 Å². The molecule has 1 atom stereocenters. The lowest BCUT2D eigenvalue weighted by Gasteiger charge is -2.05. The van der Waals surface area contributed by atoms with Gasteiger partial charge in [-0.15, -0.1) is 5.10 Å². The van der Waals surface area contributed by atoms with Gasteiger partial charge < -0.3 is 9.30 Å². The van der Waals surface area contributed by atoms with Crippen molar-refractivity contribution in [1.29, 1.82) is 0 Å². The lowest BCUT2D eigenvalue weighted by atomic mass is 10.2. The molecule has 0 bridgehead atoms. The average molecular weight is 346 g/mol. The molecule has 1 aliphatic rings. The lowest BCUT2D eigenvalue weighted by Crippen LogP contribution is -2.19. The second-order valence-electron chi connectivity index (χ2n) is 5.74. The Morgan fingerprint density at radius 1 is 1.46 bits per heavy atom. The Morgan fingerprint density at radius 2 is 2.38 bits per heavy atom. The fourth-order valence-electron chi connectivity index (χ4n) is 2.88. The number of nitrogens with zero attached hydrogens (tertiary/aromatic N) is 3. The van der Waals surface area contributed by atoms with Crippen molar-refractivity contribution in [2.75, 3.05) is 11.9 Å². The van der Waals surface area contributed by atoms with E-state index in [9.17, 15) is 4.79 Å². The van der Waals surface area contributed by atoms with Gasteiger partial charge in [0.15, 0.2) is 5.82 Å². The van der Waals surface area contributed by atoms with E-state index in [-0.39, 0.29) is 24.5 Å². The number of rotatable bonds is 4. The van der Waals surface area contributed by atoms with E-state index in [0.717, 1.165) is 30.4 Å². The van der Waals surface area contributed by atoms with Crippen molar-refractivity contribution in [1.82, 2.24) is 19.7 Å². The standard InChI is InChI=1S/C16H16ClN5O2/c17-11-4-3-10-5-6-22(12(10)8-11)9-14(23)18-16-19-15(20-21-16)13-2-1-7-24-13/h3-6,8,13H,1-2,7,9H2,(H2,18,19,20,21,23)/t13-/m1/s1. The van der Waals surface area contributed by atoms with Crippen molar-refractivity contribution in [2.24, 2.45) is 0 Å². The third kappa shape index (κ3) is 3.00. The molecule has 0 aliphatic carbocycles. The first kappa shape index (κ1) is 15.2. The van der Waals surface area contributed by atoms with Crippen LogP contribution in [0.15, 0.2) is 30.5 Å². The number of anilines is 1. The fourth-order valence-corrected chi connectivity index (χ4v) is 3.05. The highest BCUT2D eigenvalue weighted by molar-refractivity contribution is 6.31. The van der Waals surface area contributed by atoms with Crippen LogP contribution in [0, 0.1) is 0 Å². The number of carbonyl (C=O) groups excluding carboxylic acids is 1. The van der Waals surface area contributed by atoms with E-state index >= 15 is 0 Å². The highest BCUT2D eigenvalue weighted by Crippen LogP contribution is 2.26. The third-order valence-electron chi connectivity index (χ3n) is 4.04. The summed E-state index contributed by atoms with van der Waals surface area (Å²) >= 11 is 6.03. The molecule has 2 aromatic heterocycles. The Kier molecular flexibility index (Phi) is 3.95. The van der Waals surface area contributed by atoms with Crippen LogP contribution in [0.3, 0.4) is 0 Å². The van der Waals surface area contributed by atoms with Gasteiger partial charge in [0.1, 0.15) is 12.6 Å². The smallest absolute Gasteiger partial charge is 0.248 e. The number of hydrogen-bond acceptors (Lipinski definition) is 4. The molecule has 1 amide bonds. The molecule has 1 fully saturated rings. The molecular weight excluding hydrogens is 330 g/mol. The summed E-state index contributed by atoms with van der Waals surface area (Å²) in [7, 11) is 0. The third-order valence-corrected chi connectivity index (χ3v) is 4.27. The number of hydrogen-bond donors (Lipinski definition) is 2. The number of aromatic amines is 1. The van der Waals surface area contributed by atoms with E-state index < -0.39 is 0 Å². The summed E-state index contributed by atoms with van der Waals surface area (Å²) in [5.74, 6) is 0.714. The van der Waals surface area contributed by atoms with Crippen molar-refractivity contribution in [3.63, 3.8) is 0 Å². The van der Waals surface area contributed by atoms with Crippen LogP contribution in [-0.4, -0.2) is 32.3 Å². The summed E-state index contributed by atoms with van der Waals surface area (Å²) in [6.07, 6.45) is 3.73. The van der Waals surface area contributed by atoms with E-state index in [0.29, 0.717) is 10.8 Å². The van der Waals surface area contributed by atoms with Gasteiger partial charge in [0.25, 0.3) is 0 Å². The van der Waals surface area contributed by atoms with Gasteiger partial charge in [-0.25, -0.2) is 0 Å². The summed E-state index contributed by atoms with van der Waals surface area (Å²) in [6.45, 7) is 0.893. The predicted octanol–water partition coefficient (Wildman–Crippen LogP) is 2.90. The normalized spacial score (nSPS) is 17.5. The highest BCUT2D eigenvalue weighted by atomic mass is 35.5. The van der Waals surface area contributed by atoms with E-state index in [2.05, 4.69) is 20.5 Å². The van der Waals surface area contributed by atoms with E-state index in [1.165, 1.54) is 0 Å². The molecule has 24 heavy (non-hydrogen) atoms. The average Bonchev–Trinajstić information content (AvgIpc) is 3.28. The highest BCUT2D eigenvalue weighted by Gasteiger charge is 2.21. The Labute approximate surface area is 143 Å². The molecule has 8 heteroatoms. The van der Waals surface area contributed by atoms with E-state index in [1.807, 2.05) is 35.0 Å². The topological polar surface area (TPSA) is 84.8 Å². The summed E-state index contributed by atoms with van der Waals surface area (Å²) in [6, 6.07) is 7.54. The number of H-pyrrole nitrogens is 1. The van der Waals surface area contributed by atoms with Crippen molar-refractivity contribution >= 4 is 34.4 Å². The van der Waals surface area contributed by atoms with Crippen LogP contribution in [0.4, 0.5) is 5.95 Å². The second kappa shape index (κ2) is 6.26. The van der Waals surface area contributed by atoms with Crippen LogP contribution in [0.2, 0.25) is 5.02 Å². The summed E-state index contributed by atoms with van der Waals surface area (Å²) < 4.78 is 7.38. The van der Waals surface area contributed by atoms with Gasteiger partial charge in [0, 0.05) is 23.3 Å². The fraction of sp³-hybridized carbons (Fsp3) is 0.312. The zero-order valence-electron chi connectivity index (χ0n) is 12.8. The van der Waals surface area contributed by atoms with Gasteiger partial charge in [0.05, 0.1) is 0 Å². The summed E-state index contributed by atoms with van der Waals surface area (Å²) in [4.78, 5) is 16.5. The van der Waals surface area contributed by atoms with Crippen molar-refractivity contribution in [3.05, 3.63) is 41.3 Å². The minimum Gasteiger partial charge on any atom is -0.370 e. The minimum absolute atomic E-state index is 0.0568. The minimum atomic E-state index is -0.203. The van der Waals surface area contributed by atoms with Gasteiger partial charge in [0.2, 0.25) is 11.9 Å². The number of ether oxygens (including phenoxy) is 1. The van der Waals surface area contributed by atoms with Crippen molar-refractivity contribution in [2.45, 2.75) is 25.5 Å². The molecule has 0 saturated carbocycles. The second-order valence-corrected chi connectivity index (χ2v) is 6.18. The number of halogens is 1. The van der Waals surface area contributed by atoms with Crippen LogP contribution in [0.1, 0.15) is 24.8 Å². The largest absolute Gasteiger partial charge is 0.370 e. The molecule has 0 radical (unpaired) electrons. The molecule has 1 aromatic carbocycles. The quantitative estimate of drug-likeness (QED) is 0.761. The Hall–Kier alpha value is -2.38. The van der Waals surface area contributed by atoms with Crippen LogP contribution >= 0.6 is 11.6 Å². The van der Waals surface area contributed by atoms with Gasteiger partial charge in [-0.3, -0.25) is 15.2 Å². The van der Waals surface area contributed by atoms with Gasteiger partial charge in [-0.1, -0.05) is 17.7 Å². The molecule has 124 valence electrons. The SMILES string of the molecule is O=C(Cn1ccc2ccc(Cl)cc21)Nc1n[nH]c([C@H]2CCCO2)n1. The summed E-state index contributed by atoms with van der Waals surface area (Å²) in [5.41, 5.74) is 0.910. The maximum atomic E-state index is 12.2. The van der Waals surface area contributed by atoms with Crippen LogP contribution in [-0.2, 0) is 16.1 Å². The zero-order valence-corrected chi connectivity index (χ0v) is 13.6. The van der Waals surface area contributed by atoms with Crippen molar-refractivity contribution < 1.29 is 9.53 Å². The maximum absolute atomic E-state index is 12.2. The number of benzene rings is 1. The first-order valence-corrected chi connectivity index (χ1v) is 8.15. The van der Waals surface area contributed by atoms with Gasteiger partial charge in [-0.2, -0.15) is 4.98 Å². The number of amides is 1. The van der Waals surface area contributed by atoms with Gasteiger partial charge in [-0.05, 0) is 36.4 Å². The number of carbonyl (C=O) groups is 1. The molecule has 1 saturated heterocycles. The van der Waals surface area contributed by atoms with E-state index in [1.54, 1.807) is 0 Å². The molecule has 3 aromatic rings. The molecule has 4 rings (SSSR count). The monoisotopic (exact) mass is 345 g/mol.